The Kier molecular flexibility index (Phi) is 11.4. The highest BCUT2D eigenvalue weighted by Gasteiger charge is 2.54. The molecule has 2 aromatic carbocycles. The van der Waals surface area contributed by atoms with Crippen molar-refractivity contribution >= 4 is 19.6 Å². The van der Waals surface area contributed by atoms with Crippen LogP contribution in [0.25, 0.3) is 0 Å². The van der Waals surface area contributed by atoms with Crippen molar-refractivity contribution in [1.82, 2.24) is 9.80 Å². The van der Waals surface area contributed by atoms with Gasteiger partial charge in [0.25, 0.3) is 0 Å². The standard InChI is InChI=1S/C31H45N2O6P/c1-7-38-40(36,39-8-2)22-16-15-21-27-28(34)32(24(3)26-19-13-10-14-20-26)29(31(4,5)6)33(27)30(35)37-23-25-17-11-9-12-18-25/h9-14,17-20,24,27,29H,7-8,15-16,21-23H2,1-6H3/t24-,27+,29+/m0/s1. The first-order valence-corrected chi connectivity index (χ1v) is 16.0. The van der Waals surface area contributed by atoms with Crippen LogP contribution in [-0.2, 0) is 29.8 Å². The molecule has 0 bridgehead atoms. The van der Waals surface area contributed by atoms with Gasteiger partial charge in [0.05, 0.1) is 25.4 Å². The second kappa shape index (κ2) is 14.3. The van der Waals surface area contributed by atoms with Gasteiger partial charge < -0.3 is 18.7 Å². The Bertz CT molecular complexity index is 1130. The van der Waals surface area contributed by atoms with Gasteiger partial charge in [0, 0.05) is 5.41 Å². The second-order valence-corrected chi connectivity index (χ2v) is 13.4. The van der Waals surface area contributed by atoms with Crippen molar-refractivity contribution in [3.63, 3.8) is 0 Å². The molecule has 1 saturated heterocycles. The highest BCUT2D eigenvalue weighted by molar-refractivity contribution is 7.53. The number of unbranched alkanes of at least 4 members (excludes halogenated alkanes) is 1. The average molecular weight is 573 g/mol. The number of hydrogen-bond donors (Lipinski definition) is 0. The summed E-state index contributed by atoms with van der Waals surface area (Å²) in [6.45, 7) is 12.4. The van der Waals surface area contributed by atoms with Gasteiger partial charge in [0.2, 0.25) is 5.91 Å². The Morgan fingerprint density at radius 3 is 2.08 bits per heavy atom. The van der Waals surface area contributed by atoms with Crippen molar-refractivity contribution in [1.29, 1.82) is 0 Å². The molecule has 0 aromatic heterocycles. The summed E-state index contributed by atoms with van der Waals surface area (Å²) in [6, 6.07) is 18.4. The van der Waals surface area contributed by atoms with Gasteiger partial charge in [0.1, 0.15) is 18.8 Å². The van der Waals surface area contributed by atoms with Crippen LogP contribution in [-0.4, -0.2) is 53.4 Å². The van der Waals surface area contributed by atoms with Crippen LogP contribution in [0.4, 0.5) is 4.79 Å². The molecule has 0 N–H and O–H groups in total. The molecule has 0 saturated carbocycles. The molecule has 40 heavy (non-hydrogen) atoms. The molecule has 2 amide bonds. The molecule has 8 nitrogen and oxygen atoms in total. The van der Waals surface area contributed by atoms with E-state index in [0.717, 1.165) is 11.1 Å². The summed E-state index contributed by atoms with van der Waals surface area (Å²) in [5, 5.41) is 0. The molecule has 0 spiro atoms. The van der Waals surface area contributed by atoms with Gasteiger partial charge in [-0.1, -0.05) is 87.9 Å². The van der Waals surface area contributed by atoms with Crippen molar-refractivity contribution in [2.45, 2.75) is 85.7 Å². The van der Waals surface area contributed by atoms with E-state index >= 15 is 0 Å². The van der Waals surface area contributed by atoms with E-state index in [0.29, 0.717) is 32.5 Å². The summed E-state index contributed by atoms with van der Waals surface area (Å²) in [7, 11) is -3.18. The van der Waals surface area contributed by atoms with Gasteiger partial charge >= 0.3 is 13.7 Å². The number of ether oxygens (including phenoxy) is 1. The van der Waals surface area contributed by atoms with Crippen molar-refractivity contribution in [2.75, 3.05) is 19.4 Å². The largest absolute Gasteiger partial charge is 0.444 e. The molecular weight excluding hydrogens is 527 g/mol. The van der Waals surface area contributed by atoms with Crippen molar-refractivity contribution in [2.24, 2.45) is 5.41 Å². The zero-order valence-corrected chi connectivity index (χ0v) is 25.6. The van der Waals surface area contributed by atoms with Crippen LogP contribution in [0.1, 0.15) is 78.0 Å². The zero-order chi connectivity index (χ0) is 29.3. The lowest BCUT2D eigenvalue weighted by atomic mass is 9.89. The summed E-state index contributed by atoms with van der Waals surface area (Å²) in [5.74, 6) is -0.106. The van der Waals surface area contributed by atoms with Crippen LogP contribution in [0.3, 0.4) is 0 Å². The van der Waals surface area contributed by atoms with E-state index in [1.807, 2.05) is 93.3 Å². The lowest BCUT2D eigenvalue weighted by molar-refractivity contribution is -0.133. The SMILES string of the molecule is CCOP(=O)(CCCC[C@@H]1C(=O)N([C@@H](C)c2ccccc2)[C@@H](C(C)(C)C)N1C(=O)OCc1ccccc1)OCC. The fraction of sp³-hybridized carbons (Fsp3) is 0.548. The summed E-state index contributed by atoms with van der Waals surface area (Å²) < 4.78 is 29.6. The number of carbonyl (C=O) groups excluding carboxylic acids is 2. The predicted octanol–water partition coefficient (Wildman–Crippen LogP) is 7.41. The number of nitrogens with zero attached hydrogens (tertiary/aromatic N) is 2. The summed E-state index contributed by atoms with van der Waals surface area (Å²) in [5.41, 5.74) is 1.43. The van der Waals surface area contributed by atoms with E-state index in [4.69, 9.17) is 13.8 Å². The van der Waals surface area contributed by atoms with Crippen LogP contribution in [0.15, 0.2) is 60.7 Å². The number of hydrogen-bond acceptors (Lipinski definition) is 6. The molecule has 220 valence electrons. The summed E-state index contributed by atoms with van der Waals surface area (Å²) >= 11 is 0. The van der Waals surface area contributed by atoms with Crippen molar-refractivity contribution in [3.05, 3.63) is 71.8 Å². The normalized spacial score (nSPS) is 18.7. The maximum Gasteiger partial charge on any atom is 0.412 e. The van der Waals surface area contributed by atoms with Crippen LogP contribution >= 0.6 is 7.60 Å². The van der Waals surface area contributed by atoms with Crippen molar-refractivity contribution in [3.8, 4) is 0 Å². The molecular formula is C31H45N2O6P. The Labute approximate surface area is 239 Å². The van der Waals surface area contributed by atoms with Gasteiger partial charge in [-0.3, -0.25) is 14.3 Å². The number of benzene rings is 2. The van der Waals surface area contributed by atoms with Crippen LogP contribution in [0, 0.1) is 5.41 Å². The molecule has 0 radical (unpaired) electrons. The molecule has 1 aliphatic heterocycles. The van der Waals surface area contributed by atoms with Gasteiger partial charge in [-0.2, -0.15) is 0 Å². The number of amides is 2. The smallest absolute Gasteiger partial charge is 0.412 e. The molecule has 9 heteroatoms. The van der Waals surface area contributed by atoms with Gasteiger partial charge in [-0.05, 0) is 44.7 Å². The lowest BCUT2D eigenvalue weighted by Crippen LogP contribution is -2.52. The maximum absolute atomic E-state index is 14.1. The van der Waals surface area contributed by atoms with E-state index < -0.39 is 31.3 Å². The van der Waals surface area contributed by atoms with Gasteiger partial charge in [0.15, 0.2) is 0 Å². The average Bonchev–Trinajstić information content (AvgIpc) is 3.23. The molecule has 0 unspecified atom stereocenters. The van der Waals surface area contributed by atoms with E-state index in [9.17, 15) is 14.2 Å². The van der Waals surface area contributed by atoms with E-state index in [1.54, 1.807) is 18.7 Å². The molecule has 1 aliphatic rings. The number of carbonyl (C=O) groups is 2. The highest BCUT2D eigenvalue weighted by Crippen LogP contribution is 2.49. The van der Waals surface area contributed by atoms with Crippen molar-refractivity contribution < 1.29 is 27.9 Å². The Hall–Kier alpha value is -2.67. The van der Waals surface area contributed by atoms with E-state index in [-0.39, 0.29) is 24.7 Å². The van der Waals surface area contributed by atoms with Gasteiger partial charge in [-0.25, -0.2) is 4.79 Å². The predicted molar refractivity (Wildman–Crippen MR) is 157 cm³/mol. The minimum atomic E-state index is -3.18. The highest BCUT2D eigenvalue weighted by atomic mass is 31.2. The quantitative estimate of drug-likeness (QED) is 0.184. The Balaban J connectivity index is 1.87. The molecule has 3 atom stereocenters. The minimum Gasteiger partial charge on any atom is -0.444 e. The van der Waals surface area contributed by atoms with Crippen LogP contribution in [0.5, 0.6) is 0 Å². The second-order valence-electron chi connectivity index (χ2n) is 11.2. The first kappa shape index (κ1) is 31.9. The number of rotatable bonds is 13. The van der Waals surface area contributed by atoms with Gasteiger partial charge in [-0.15, -0.1) is 0 Å². The fourth-order valence-electron chi connectivity index (χ4n) is 5.33. The fourth-order valence-corrected chi connectivity index (χ4v) is 7.06. The third kappa shape index (κ3) is 7.96. The Morgan fingerprint density at radius 1 is 0.950 bits per heavy atom. The molecule has 0 aliphatic carbocycles. The lowest BCUT2D eigenvalue weighted by Gasteiger charge is -2.42. The molecule has 2 aromatic rings. The van der Waals surface area contributed by atoms with Crippen LogP contribution < -0.4 is 0 Å². The maximum atomic E-state index is 14.1. The van der Waals surface area contributed by atoms with E-state index in [1.165, 1.54) is 0 Å². The molecule has 1 fully saturated rings. The zero-order valence-electron chi connectivity index (χ0n) is 24.7. The first-order chi connectivity index (χ1) is 19.0. The third-order valence-electron chi connectivity index (χ3n) is 7.10. The minimum absolute atomic E-state index is 0.106. The topological polar surface area (TPSA) is 85.4 Å². The summed E-state index contributed by atoms with van der Waals surface area (Å²) in [4.78, 5) is 31.4. The summed E-state index contributed by atoms with van der Waals surface area (Å²) in [6.07, 6.45) is 0.777. The molecule has 3 rings (SSSR count). The first-order valence-electron chi connectivity index (χ1n) is 14.3. The third-order valence-corrected chi connectivity index (χ3v) is 9.27. The monoisotopic (exact) mass is 572 g/mol. The molecule has 1 heterocycles. The Morgan fingerprint density at radius 2 is 1.52 bits per heavy atom. The van der Waals surface area contributed by atoms with E-state index in [2.05, 4.69) is 0 Å². The van der Waals surface area contributed by atoms with Crippen LogP contribution in [0.2, 0.25) is 0 Å².